The van der Waals surface area contributed by atoms with Crippen molar-refractivity contribution in [2.75, 3.05) is 36.7 Å². The second-order valence-corrected chi connectivity index (χ2v) is 7.62. The summed E-state index contributed by atoms with van der Waals surface area (Å²) >= 11 is 0. The molecule has 0 unspecified atom stereocenters. The number of nitrogens with zero attached hydrogens (tertiary/aromatic N) is 4. The average molecular weight is 417 g/mol. The quantitative estimate of drug-likeness (QED) is 0.421. The van der Waals surface area contributed by atoms with E-state index in [2.05, 4.69) is 39.4 Å². The van der Waals surface area contributed by atoms with Crippen LogP contribution in [0.3, 0.4) is 0 Å². The lowest BCUT2D eigenvalue weighted by Crippen LogP contribution is -2.19. The summed E-state index contributed by atoms with van der Waals surface area (Å²) in [6.07, 6.45) is 6.74. The van der Waals surface area contributed by atoms with Crippen molar-refractivity contribution in [2.24, 2.45) is 7.05 Å². The molecule has 7 heteroatoms. The number of methoxy groups -OCH3 is 1. The van der Waals surface area contributed by atoms with Crippen LogP contribution >= 0.6 is 0 Å². The van der Waals surface area contributed by atoms with Gasteiger partial charge in [0.2, 0.25) is 0 Å². The largest absolute Gasteiger partial charge is 0.494 e. The van der Waals surface area contributed by atoms with Crippen molar-refractivity contribution in [1.29, 1.82) is 0 Å². The molecule has 3 aromatic heterocycles. The van der Waals surface area contributed by atoms with Gasteiger partial charge in [0.15, 0.2) is 0 Å². The van der Waals surface area contributed by atoms with Crippen LogP contribution in [0.5, 0.6) is 5.75 Å². The van der Waals surface area contributed by atoms with E-state index < -0.39 is 0 Å². The molecule has 4 rings (SSSR count). The first kappa shape index (κ1) is 20.5. The van der Waals surface area contributed by atoms with Crippen molar-refractivity contribution < 1.29 is 4.74 Å². The standard InChI is InChI=1S/C24H28N6O/c1-5-11-29(2)21-14-22(31-4)20(13-19(21)25)28-23-12-16(8-10-26-23)18-15-30(3)24-17(18)7-6-9-27-24/h6-10,12-15H,5,11,25H2,1-4H3,(H,26,28). The van der Waals surface area contributed by atoms with Gasteiger partial charge in [0.05, 0.1) is 24.2 Å². The lowest BCUT2D eigenvalue weighted by molar-refractivity contribution is 0.417. The van der Waals surface area contributed by atoms with E-state index in [0.717, 1.165) is 46.5 Å². The zero-order chi connectivity index (χ0) is 22.0. The number of pyridine rings is 2. The lowest BCUT2D eigenvalue weighted by Gasteiger charge is -2.22. The van der Waals surface area contributed by atoms with Gasteiger partial charge in [-0.25, -0.2) is 9.97 Å². The number of aromatic nitrogens is 3. The molecule has 0 bridgehead atoms. The SMILES string of the molecule is CCCN(C)c1cc(OC)c(Nc2cc(-c3cn(C)c4ncccc34)ccn2)cc1N. The van der Waals surface area contributed by atoms with E-state index in [1.807, 2.05) is 55.2 Å². The van der Waals surface area contributed by atoms with Gasteiger partial charge in [0, 0.05) is 56.2 Å². The number of nitrogens with two attached hydrogens (primary N) is 1. The van der Waals surface area contributed by atoms with Gasteiger partial charge in [-0.15, -0.1) is 0 Å². The minimum atomic E-state index is 0.690. The molecule has 3 heterocycles. The highest BCUT2D eigenvalue weighted by Gasteiger charge is 2.14. The molecule has 0 fully saturated rings. The number of nitrogen functional groups attached to an aromatic ring is 1. The number of benzene rings is 1. The van der Waals surface area contributed by atoms with Crippen molar-refractivity contribution in [3.05, 3.63) is 55.0 Å². The lowest BCUT2D eigenvalue weighted by atomic mass is 10.1. The maximum atomic E-state index is 6.35. The summed E-state index contributed by atoms with van der Waals surface area (Å²) in [5.41, 5.74) is 11.9. The van der Waals surface area contributed by atoms with Crippen LogP contribution in [0.1, 0.15) is 13.3 Å². The zero-order valence-corrected chi connectivity index (χ0v) is 18.4. The third-order valence-electron chi connectivity index (χ3n) is 5.39. The Balaban J connectivity index is 1.69. The highest BCUT2D eigenvalue weighted by atomic mass is 16.5. The fraction of sp³-hybridized carbons (Fsp3) is 0.250. The van der Waals surface area contributed by atoms with E-state index >= 15 is 0 Å². The van der Waals surface area contributed by atoms with Crippen LogP contribution in [-0.4, -0.2) is 35.2 Å². The maximum absolute atomic E-state index is 6.35. The molecule has 0 saturated carbocycles. The van der Waals surface area contributed by atoms with E-state index in [9.17, 15) is 0 Å². The van der Waals surface area contributed by atoms with Gasteiger partial charge in [-0.05, 0) is 42.3 Å². The number of anilines is 4. The molecular weight excluding hydrogens is 388 g/mol. The number of rotatable bonds is 7. The van der Waals surface area contributed by atoms with Gasteiger partial charge >= 0.3 is 0 Å². The van der Waals surface area contributed by atoms with E-state index in [1.165, 1.54) is 0 Å². The van der Waals surface area contributed by atoms with Crippen molar-refractivity contribution in [3.8, 4) is 16.9 Å². The topological polar surface area (TPSA) is 81.2 Å². The minimum Gasteiger partial charge on any atom is -0.494 e. The Labute approximate surface area is 182 Å². The van der Waals surface area contributed by atoms with Crippen LogP contribution in [0.2, 0.25) is 0 Å². The van der Waals surface area contributed by atoms with Gasteiger partial charge in [-0.2, -0.15) is 0 Å². The van der Waals surface area contributed by atoms with Crippen molar-refractivity contribution >= 4 is 33.9 Å². The summed E-state index contributed by atoms with van der Waals surface area (Å²) in [6.45, 7) is 3.06. The van der Waals surface area contributed by atoms with Crippen LogP contribution in [0.4, 0.5) is 22.9 Å². The first-order valence-corrected chi connectivity index (χ1v) is 10.3. The van der Waals surface area contributed by atoms with Crippen LogP contribution in [-0.2, 0) is 7.05 Å². The Kier molecular flexibility index (Phi) is 5.66. The van der Waals surface area contributed by atoms with Gasteiger partial charge in [-0.1, -0.05) is 6.92 Å². The fourth-order valence-electron chi connectivity index (χ4n) is 3.89. The van der Waals surface area contributed by atoms with Crippen molar-refractivity contribution in [2.45, 2.75) is 13.3 Å². The summed E-state index contributed by atoms with van der Waals surface area (Å²) in [5, 5.41) is 4.47. The van der Waals surface area contributed by atoms with Crippen LogP contribution < -0.4 is 20.7 Å². The molecule has 0 saturated heterocycles. The smallest absolute Gasteiger partial charge is 0.144 e. The Bertz CT molecular complexity index is 1220. The average Bonchev–Trinajstić information content (AvgIpc) is 3.11. The molecule has 3 N–H and O–H groups in total. The number of ether oxygens (including phenoxy) is 1. The van der Waals surface area contributed by atoms with Gasteiger partial charge in [0.25, 0.3) is 0 Å². The van der Waals surface area contributed by atoms with Crippen molar-refractivity contribution in [3.63, 3.8) is 0 Å². The van der Waals surface area contributed by atoms with Crippen LogP contribution in [0.25, 0.3) is 22.2 Å². The van der Waals surface area contributed by atoms with E-state index in [1.54, 1.807) is 13.3 Å². The highest BCUT2D eigenvalue weighted by Crippen LogP contribution is 2.37. The molecule has 31 heavy (non-hydrogen) atoms. The minimum absolute atomic E-state index is 0.690. The van der Waals surface area contributed by atoms with E-state index in [-0.39, 0.29) is 0 Å². The second-order valence-electron chi connectivity index (χ2n) is 7.62. The summed E-state index contributed by atoms with van der Waals surface area (Å²) in [4.78, 5) is 11.1. The molecule has 4 aromatic rings. The Hall–Kier alpha value is -3.74. The van der Waals surface area contributed by atoms with Crippen LogP contribution in [0, 0.1) is 0 Å². The second kappa shape index (κ2) is 8.55. The molecule has 0 spiro atoms. The predicted octanol–water partition coefficient (Wildman–Crippen LogP) is 4.82. The first-order chi connectivity index (χ1) is 15.0. The Morgan fingerprint density at radius 1 is 1.16 bits per heavy atom. The van der Waals surface area contributed by atoms with E-state index in [4.69, 9.17) is 10.5 Å². The fourth-order valence-corrected chi connectivity index (χ4v) is 3.89. The summed E-state index contributed by atoms with van der Waals surface area (Å²) in [5.74, 6) is 1.43. The molecule has 0 aliphatic carbocycles. The van der Waals surface area contributed by atoms with Gasteiger partial charge in [-0.3, -0.25) is 0 Å². The Morgan fingerprint density at radius 2 is 2.00 bits per heavy atom. The highest BCUT2D eigenvalue weighted by molar-refractivity contribution is 5.94. The third kappa shape index (κ3) is 3.99. The van der Waals surface area contributed by atoms with Gasteiger partial charge < -0.3 is 25.3 Å². The zero-order valence-electron chi connectivity index (χ0n) is 18.4. The normalized spacial score (nSPS) is 11.0. The number of hydrogen-bond acceptors (Lipinski definition) is 6. The molecule has 1 aromatic carbocycles. The molecule has 0 amide bonds. The molecular formula is C24H28N6O. The van der Waals surface area contributed by atoms with Gasteiger partial charge in [0.1, 0.15) is 17.2 Å². The first-order valence-electron chi connectivity index (χ1n) is 10.3. The predicted molar refractivity (Wildman–Crippen MR) is 128 cm³/mol. The molecule has 7 nitrogen and oxygen atoms in total. The maximum Gasteiger partial charge on any atom is 0.144 e. The number of hydrogen-bond donors (Lipinski definition) is 2. The number of aryl methyl sites for hydroxylation is 1. The summed E-state index contributed by atoms with van der Waals surface area (Å²) in [7, 11) is 5.70. The number of nitrogens with one attached hydrogen (secondary N) is 1. The van der Waals surface area contributed by atoms with Crippen LogP contribution in [0.15, 0.2) is 55.0 Å². The molecule has 160 valence electrons. The molecule has 0 atom stereocenters. The van der Waals surface area contributed by atoms with E-state index in [0.29, 0.717) is 17.3 Å². The summed E-state index contributed by atoms with van der Waals surface area (Å²) in [6, 6.07) is 11.9. The third-order valence-corrected chi connectivity index (χ3v) is 5.39. The molecule has 0 radical (unpaired) electrons. The molecule has 0 aliphatic heterocycles. The molecule has 0 aliphatic rings. The summed E-state index contributed by atoms with van der Waals surface area (Å²) < 4.78 is 7.67. The monoisotopic (exact) mass is 416 g/mol. The van der Waals surface area contributed by atoms with Crippen molar-refractivity contribution in [1.82, 2.24) is 14.5 Å². The Morgan fingerprint density at radius 3 is 2.77 bits per heavy atom. The number of fused-ring (bicyclic) bond motifs is 1.